The molecule has 0 aliphatic heterocycles. The predicted molar refractivity (Wildman–Crippen MR) is 107 cm³/mol. The molecular formula is C16H15ClN6O3S2. The van der Waals surface area contributed by atoms with Crippen LogP contribution in [0.25, 0.3) is 11.4 Å². The first-order valence-corrected chi connectivity index (χ1v) is 10.1. The summed E-state index contributed by atoms with van der Waals surface area (Å²) in [5, 5.41) is 20.2. The summed E-state index contributed by atoms with van der Waals surface area (Å²) >= 11 is 8.47. The average molecular weight is 439 g/mol. The second-order valence-electron chi connectivity index (χ2n) is 5.67. The Labute approximate surface area is 172 Å². The zero-order valence-electron chi connectivity index (χ0n) is 14.5. The number of nitrogens with two attached hydrogens (primary N) is 1. The molecule has 0 aliphatic rings. The number of hydrogen-bond acceptors (Lipinski definition) is 8. The van der Waals surface area contributed by atoms with Crippen molar-refractivity contribution >= 4 is 52.5 Å². The summed E-state index contributed by atoms with van der Waals surface area (Å²) in [6.07, 6.45) is 0.0386. The van der Waals surface area contributed by atoms with E-state index in [4.69, 9.17) is 17.3 Å². The summed E-state index contributed by atoms with van der Waals surface area (Å²) in [5.41, 5.74) is 6.42. The first-order chi connectivity index (χ1) is 13.3. The number of benzene rings is 1. The maximum absolute atomic E-state index is 12.2. The summed E-state index contributed by atoms with van der Waals surface area (Å²) in [5.74, 6) is -0.292. The second kappa shape index (κ2) is 8.59. The number of nitrogens with zero attached hydrogens (tertiary/aromatic N) is 3. The van der Waals surface area contributed by atoms with Crippen molar-refractivity contribution in [3.63, 3.8) is 0 Å². The van der Waals surface area contributed by atoms with Crippen LogP contribution in [0.1, 0.15) is 12.6 Å². The van der Waals surface area contributed by atoms with Gasteiger partial charge in [0.1, 0.15) is 5.75 Å². The van der Waals surface area contributed by atoms with E-state index < -0.39 is 11.2 Å². The Bertz CT molecular complexity index is 1020. The number of amides is 2. The molecule has 0 saturated carbocycles. The van der Waals surface area contributed by atoms with Gasteiger partial charge >= 0.3 is 0 Å². The van der Waals surface area contributed by atoms with Crippen LogP contribution in [0.3, 0.4) is 0 Å². The van der Waals surface area contributed by atoms with E-state index in [1.807, 2.05) is 0 Å². The molecule has 2 aromatic heterocycles. The van der Waals surface area contributed by atoms with Gasteiger partial charge in [-0.3, -0.25) is 20.0 Å². The van der Waals surface area contributed by atoms with Gasteiger partial charge in [-0.2, -0.15) is 4.98 Å². The second-order valence-corrected chi connectivity index (χ2v) is 8.52. The molecular weight excluding hydrogens is 424 g/mol. The number of anilines is 1. The highest BCUT2D eigenvalue weighted by Gasteiger charge is 2.15. The summed E-state index contributed by atoms with van der Waals surface area (Å²) < 4.78 is 0.665. The lowest BCUT2D eigenvalue weighted by molar-refractivity contribution is -0.117. The number of nitrogens with one attached hydrogen (secondary N) is 2. The number of thioether (sulfide) groups is 1. The molecule has 28 heavy (non-hydrogen) atoms. The number of phenols is 1. The number of H-pyrrole nitrogens is 1. The van der Waals surface area contributed by atoms with Crippen molar-refractivity contribution < 1.29 is 14.7 Å². The summed E-state index contributed by atoms with van der Waals surface area (Å²) in [7, 11) is 0. The van der Waals surface area contributed by atoms with Crippen LogP contribution < -0.4 is 11.1 Å². The Morgan fingerprint density at radius 3 is 2.93 bits per heavy atom. The molecule has 0 bridgehead atoms. The molecule has 1 aromatic carbocycles. The van der Waals surface area contributed by atoms with Crippen molar-refractivity contribution in [2.75, 3.05) is 5.32 Å². The van der Waals surface area contributed by atoms with Gasteiger partial charge < -0.3 is 10.8 Å². The molecule has 0 fully saturated rings. The molecule has 1 unspecified atom stereocenters. The summed E-state index contributed by atoms with van der Waals surface area (Å²) in [6.45, 7) is 1.70. The standard InChI is InChI=1S/C16H15ClN6O3S2/c1-7(13(18)26)28-16-19-9(6-27-16)5-12(25)20-15-21-14(22-23-15)8-2-3-11(24)10(17)4-8/h2-4,6-7,24H,5H2,1H3,(H2,18,26)(H2,20,21,22,23,25). The number of hydrogen-bond donors (Lipinski definition) is 4. The molecule has 3 rings (SSSR count). The van der Waals surface area contributed by atoms with Gasteiger partial charge in [-0.05, 0) is 25.1 Å². The fourth-order valence-corrected chi connectivity index (χ4v) is 4.18. The summed E-state index contributed by atoms with van der Waals surface area (Å²) in [6, 6.07) is 4.59. The SMILES string of the molecule is CC(Sc1nc(CC(=O)Nc2n[nH]c(-c3ccc(O)c(Cl)c3)n2)cs1)C(N)=O. The van der Waals surface area contributed by atoms with Gasteiger partial charge in [-0.15, -0.1) is 16.4 Å². The van der Waals surface area contributed by atoms with Crippen molar-refractivity contribution in [3.8, 4) is 17.1 Å². The molecule has 5 N–H and O–H groups in total. The highest BCUT2D eigenvalue weighted by molar-refractivity contribution is 8.02. The highest BCUT2D eigenvalue weighted by Crippen LogP contribution is 2.28. The normalized spacial score (nSPS) is 11.9. The number of aromatic nitrogens is 4. The number of halogens is 1. The van der Waals surface area contributed by atoms with Crippen molar-refractivity contribution in [3.05, 3.63) is 34.3 Å². The van der Waals surface area contributed by atoms with E-state index in [1.54, 1.807) is 18.4 Å². The van der Waals surface area contributed by atoms with E-state index in [1.165, 1.54) is 35.2 Å². The van der Waals surface area contributed by atoms with Crippen LogP contribution in [-0.2, 0) is 16.0 Å². The molecule has 0 spiro atoms. The Morgan fingerprint density at radius 1 is 1.43 bits per heavy atom. The van der Waals surface area contributed by atoms with Crippen molar-refractivity contribution in [2.45, 2.75) is 22.9 Å². The average Bonchev–Trinajstić information content (AvgIpc) is 3.27. The lowest BCUT2D eigenvalue weighted by Gasteiger charge is -2.02. The van der Waals surface area contributed by atoms with E-state index in [0.717, 1.165) is 0 Å². The van der Waals surface area contributed by atoms with Gasteiger partial charge in [-0.1, -0.05) is 23.4 Å². The van der Waals surface area contributed by atoms with Crippen LogP contribution in [0, 0.1) is 0 Å². The van der Waals surface area contributed by atoms with Gasteiger partial charge in [0, 0.05) is 10.9 Å². The minimum atomic E-state index is -0.421. The van der Waals surface area contributed by atoms with Crippen LogP contribution in [-0.4, -0.2) is 42.3 Å². The van der Waals surface area contributed by atoms with E-state index in [0.29, 0.717) is 21.4 Å². The minimum Gasteiger partial charge on any atom is -0.506 e. The largest absolute Gasteiger partial charge is 0.506 e. The van der Waals surface area contributed by atoms with Crippen molar-refractivity contribution in [1.29, 1.82) is 0 Å². The number of thiazole rings is 1. The number of phenolic OH excluding ortho intramolecular Hbond substituents is 1. The summed E-state index contributed by atoms with van der Waals surface area (Å²) in [4.78, 5) is 31.8. The molecule has 0 aliphatic carbocycles. The maximum atomic E-state index is 12.2. The van der Waals surface area contributed by atoms with E-state index in [9.17, 15) is 14.7 Å². The Kier molecular flexibility index (Phi) is 6.17. The van der Waals surface area contributed by atoms with Crippen LogP contribution in [0.15, 0.2) is 27.9 Å². The van der Waals surface area contributed by atoms with Crippen LogP contribution in [0.4, 0.5) is 5.95 Å². The predicted octanol–water partition coefficient (Wildman–Crippen LogP) is 2.43. The van der Waals surface area contributed by atoms with Gasteiger partial charge in [-0.25, -0.2) is 4.98 Å². The fraction of sp³-hybridized carbons (Fsp3) is 0.188. The van der Waals surface area contributed by atoms with Crippen LogP contribution in [0.5, 0.6) is 5.75 Å². The van der Waals surface area contributed by atoms with Crippen molar-refractivity contribution in [1.82, 2.24) is 20.2 Å². The number of aromatic amines is 1. The quantitative estimate of drug-likeness (QED) is 0.414. The third kappa shape index (κ3) is 5.00. The minimum absolute atomic E-state index is 0.0375. The lowest BCUT2D eigenvalue weighted by atomic mass is 10.2. The van der Waals surface area contributed by atoms with E-state index in [2.05, 4.69) is 25.5 Å². The number of aromatic hydroxyl groups is 1. The van der Waals surface area contributed by atoms with Gasteiger partial charge in [0.05, 0.1) is 22.4 Å². The first kappa shape index (κ1) is 20.1. The number of primary amides is 1. The monoisotopic (exact) mass is 438 g/mol. The third-order valence-electron chi connectivity index (χ3n) is 3.51. The lowest BCUT2D eigenvalue weighted by Crippen LogP contribution is -2.22. The fourth-order valence-electron chi connectivity index (χ4n) is 2.07. The molecule has 12 heteroatoms. The molecule has 9 nitrogen and oxygen atoms in total. The highest BCUT2D eigenvalue weighted by atomic mass is 35.5. The van der Waals surface area contributed by atoms with Gasteiger partial charge in [0.25, 0.3) is 0 Å². The number of carbonyl (C=O) groups excluding carboxylic acids is 2. The zero-order chi connectivity index (χ0) is 20.3. The van der Waals surface area contributed by atoms with Crippen molar-refractivity contribution in [2.24, 2.45) is 5.73 Å². The molecule has 2 heterocycles. The molecule has 3 aromatic rings. The Hall–Kier alpha value is -2.63. The number of rotatable bonds is 7. The zero-order valence-corrected chi connectivity index (χ0v) is 16.9. The van der Waals surface area contributed by atoms with Gasteiger partial charge in [0.2, 0.25) is 17.8 Å². The molecule has 2 amide bonds. The van der Waals surface area contributed by atoms with Gasteiger partial charge in [0.15, 0.2) is 10.2 Å². The maximum Gasteiger partial charge on any atom is 0.249 e. The Balaban J connectivity index is 1.60. The molecule has 1 atom stereocenters. The molecule has 0 saturated heterocycles. The third-order valence-corrected chi connectivity index (χ3v) is 5.95. The van der Waals surface area contributed by atoms with Crippen LogP contribution >= 0.6 is 34.7 Å². The molecule has 0 radical (unpaired) electrons. The first-order valence-electron chi connectivity index (χ1n) is 7.93. The molecule has 146 valence electrons. The van der Waals surface area contributed by atoms with E-state index >= 15 is 0 Å². The van der Waals surface area contributed by atoms with E-state index in [-0.39, 0.29) is 29.0 Å². The Morgan fingerprint density at radius 2 is 2.21 bits per heavy atom. The number of carbonyl (C=O) groups is 2. The smallest absolute Gasteiger partial charge is 0.249 e. The topological polar surface area (TPSA) is 147 Å². The van der Waals surface area contributed by atoms with Crippen LogP contribution in [0.2, 0.25) is 5.02 Å².